The molecule has 0 spiro atoms. The molecule has 0 aromatic heterocycles. The average Bonchev–Trinajstić information content (AvgIpc) is 3.91. The zero-order valence-corrected chi connectivity index (χ0v) is 35.9. The third-order valence-corrected chi connectivity index (χ3v) is 11.9. The number of fused-ring (bicyclic) bond motifs is 2. The highest BCUT2D eigenvalue weighted by molar-refractivity contribution is 5.57. The average molecular weight is 755 g/mol. The standard InChI is InChI=1S/C52H82O3/c1-3-5-7-9-11-13-15-17-19-21-23-25-27-29-31-33-35-45-37-39-49(47-41-43-53-51(45)47)55-50-40-38-46(52-48(50)42-44-54-52)36-34-32-30-28-26-24-22-20-18-16-14-12-10-8-6-4-2/h17-20,37-40H,3-16,21-36,41-44H2,1-2H3/b19-17-,20-18-. The molecule has 2 aliphatic rings. The maximum atomic E-state index is 6.67. The molecule has 2 aromatic carbocycles. The quantitative estimate of drug-likeness (QED) is 0.0526. The van der Waals surface area contributed by atoms with Crippen LogP contribution in [0, 0.1) is 0 Å². The lowest BCUT2D eigenvalue weighted by Crippen LogP contribution is -1.97. The van der Waals surface area contributed by atoms with E-state index < -0.39 is 0 Å². The van der Waals surface area contributed by atoms with Crippen LogP contribution in [0.3, 0.4) is 0 Å². The van der Waals surface area contributed by atoms with Crippen molar-refractivity contribution in [2.24, 2.45) is 0 Å². The van der Waals surface area contributed by atoms with Gasteiger partial charge in [-0.15, -0.1) is 0 Å². The first-order valence-corrected chi connectivity index (χ1v) is 23.8. The van der Waals surface area contributed by atoms with E-state index in [1.165, 1.54) is 202 Å². The van der Waals surface area contributed by atoms with Gasteiger partial charge in [0.05, 0.1) is 13.2 Å². The molecular weight excluding hydrogens is 673 g/mol. The Hall–Kier alpha value is -2.68. The number of benzene rings is 2. The van der Waals surface area contributed by atoms with E-state index in [0.29, 0.717) is 0 Å². The number of rotatable bonds is 34. The second kappa shape index (κ2) is 29.5. The first kappa shape index (κ1) is 45.0. The van der Waals surface area contributed by atoms with Gasteiger partial charge in [0.2, 0.25) is 0 Å². The van der Waals surface area contributed by atoms with Crippen LogP contribution in [0.1, 0.15) is 216 Å². The molecule has 3 heteroatoms. The van der Waals surface area contributed by atoms with Crippen LogP contribution in [0.25, 0.3) is 0 Å². The molecule has 0 atom stereocenters. The van der Waals surface area contributed by atoms with Crippen molar-refractivity contribution in [3.8, 4) is 23.0 Å². The Balaban J connectivity index is 1.08. The molecule has 4 rings (SSSR count). The highest BCUT2D eigenvalue weighted by atomic mass is 16.5. The minimum Gasteiger partial charge on any atom is -0.493 e. The van der Waals surface area contributed by atoms with Gasteiger partial charge in [0.1, 0.15) is 23.0 Å². The van der Waals surface area contributed by atoms with Gasteiger partial charge in [-0.25, -0.2) is 0 Å². The van der Waals surface area contributed by atoms with Gasteiger partial charge >= 0.3 is 0 Å². The molecule has 0 saturated heterocycles. The van der Waals surface area contributed by atoms with Gasteiger partial charge in [-0.2, -0.15) is 0 Å². The maximum absolute atomic E-state index is 6.67. The molecule has 0 unspecified atom stereocenters. The number of hydrogen-bond donors (Lipinski definition) is 0. The Morgan fingerprint density at radius 3 is 1.11 bits per heavy atom. The summed E-state index contributed by atoms with van der Waals surface area (Å²) in [5.41, 5.74) is 5.22. The van der Waals surface area contributed by atoms with Gasteiger partial charge in [-0.3, -0.25) is 0 Å². The molecule has 0 aliphatic carbocycles. The van der Waals surface area contributed by atoms with Gasteiger partial charge in [0.15, 0.2) is 0 Å². The molecular formula is C52H82O3. The molecule has 0 radical (unpaired) electrons. The van der Waals surface area contributed by atoms with E-state index in [4.69, 9.17) is 14.2 Å². The minimum atomic E-state index is 0.757. The Kier molecular flexibility index (Phi) is 24.2. The number of ether oxygens (including phenoxy) is 3. The van der Waals surface area contributed by atoms with Crippen LogP contribution < -0.4 is 14.2 Å². The van der Waals surface area contributed by atoms with Gasteiger partial charge in [0, 0.05) is 24.0 Å². The summed E-state index contributed by atoms with van der Waals surface area (Å²) in [6.45, 7) is 6.09. The van der Waals surface area contributed by atoms with Crippen molar-refractivity contribution in [2.75, 3.05) is 13.2 Å². The van der Waals surface area contributed by atoms with Crippen LogP contribution in [0.5, 0.6) is 23.0 Å². The number of hydrogen-bond acceptors (Lipinski definition) is 3. The largest absolute Gasteiger partial charge is 0.493 e. The highest BCUT2D eigenvalue weighted by Crippen LogP contribution is 2.43. The third kappa shape index (κ3) is 18.0. The minimum absolute atomic E-state index is 0.757. The molecule has 0 fully saturated rings. The Morgan fingerprint density at radius 2 is 0.745 bits per heavy atom. The third-order valence-electron chi connectivity index (χ3n) is 11.9. The van der Waals surface area contributed by atoms with Crippen LogP contribution in [0.4, 0.5) is 0 Å². The fourth-order valence-corrected chi connectivity index (χ4v) is 8.49. The van der Waals surface area contributed by atoms with Crippen molar-refractivity contribution in [2.45, 2.75) is 219 Å². The lowest BCUT2D eigenvalue weighted by atomic mass is 10.00. The summed E-state index contributed by atoms with van der Waals surface area (Å²) in [4.78, 5) is 0. The second-order valence-corrected chi connectivity index (χ2v) is 16.7. The summed E-state index contributed by atoms with van der Waals surface area (Å²) in [5.74, 6) is 4.12. The van der Waals surface area contributed by atoms with Crippen molar-refractivity contribution in [1.82, 2.24) is 0 Å². The second-order valence-electron chi connectivity index (χ2n) is 16.7. The molecule has 3 nitrogen and oxygen atoms in total. The summed E-state index contributed by atoms with van der Waals surface area (Å²) in [6, 6.07) is 8.92. The Bertz CT molecular complexity index is 1240. The Labute approximate surface area is 339 Å². The van der Waals surface area contributed by atoms with Crippen LogP contribution in [-0.4, -0.2) is 13.2 Å². The summed E-state index contributed by atoms with van der Waals surface area (Å²) in [6.07, 6.45) is 51.4. The number of aryl methyl sites for hydroxylation is 2. The topological polar surface area (TPSA) is 27.7 Å². The predicted octanol–water partition coefficient (Wildman–Crippen LogP) is 16.5. The SMILES string of the molecule is CCCCCCCC/C=C\CCCCCCCCc1ccc(Oc2ccc(CCCCCCCC/C=C\CCCCCCCC)c3c2CCO3)c2c1OCC2. The van der Waals surface area contributed by atoms with Gasteiger partial charge in [-0.1, -0.05) is 166 Å². The monoisotopic (exact) mass is 755 g/mol. The van der Waals surface area contributed by atoms with Crippen LogP contribution in [0.2, 0.25) is 0 Å². The van der Waals surface area contributed by atoms with Crippen LogP contribution in [0.15, 0.2) is 48.6 Å². The van der Waals surface area contributed by atoms with Crippen molar-refractivity contribution in [3.05, 3.63) is 70.8 Å². The van der Waals surface area contributed by atoms with Crippen molar-refractivity contribution < 1.29 is 14.2 Å². The fourth-order valence-electron chi connectivity index (χ4n) is 8.49. The van der Waals surface area contributed by atoms with Crippen LogP contribution in [-0.2, 0) is 25.7 Å². The van der Waals surface area contributed by atoms with E-state index in [-0.39, 0.29) is 0 Å². The number of unbranched alkanes of at least 4 members (excludes halogenated alkanes) is 24. The van der Waals surface area contributed by atoms with E-state index in [1.807, 2.05) is 0 Å². The zero-order chi connectivity index (χ0) is 38.4. The Morgan fingerprint density at radius 1 is 0.418 bits per heavy atom. The summed E-state index contributed by atoms with van der Waals surface area (Å²) < 4.78 is 19.1. The molecule has 308 valence electrons. The first-order valence-electron chi connectivity index (χ1n) is 23.8. The normalized spacial score (nSPS) is 13.5. The molecule has 0 bridgehead atoms. The predicted molar refractivity (Wildman–Crippen MR) is 238 cm³/mol. The summed E-state index contributed by atoms with van der Waals surface area (Å²) >= 11 is 0. The molecule has 0 saturated carbocycles. The molecule has 2 heterocycles. The zero-order valence-electron chi connectivity index (χ0n) is 35.9. The van der Waals surface area contributed by atoms with E-state index in [1.54, 1.807) is 0 Å². The van der Waals surface area contributed by atoms with E-state index in [2.05, 4.69) is 62.4 Å². The lowest BCUT2D eigenvalue weighted by molar-refractivity contribution is 0.353. The van der Waals surface area contributed by atoms with E-state index in [9.17, 15) is 0 Å². The number of allylic oxidation sites excluding steroid dienone is 4. The molecule has 2 aliphatic heterocycles. The van der Waals surface area contributed by atoms with Crippen molar-refractivity contribution in [1.29, 1.82) is 0 Å². The fraction of sp³-hybridized carbons (Fsp3) is 0.692. The molecule has 55 heavy (non-hydrogen) atoms. The molecule has 0 N–H and O–H groups in total. The van der Waals surface area contributed by atoms with Crippen molar-refractivity contribution >= 4 is 0 Å². The van der Waals surface area contributed by atoms with Crippen molar-refractivity contribution in [3.63, 3.8) is 0 Å². The highest BCUT2D eigenvalue weighted by Gasteiger charge is 2.25. The van der Waals surface area contributed by atoms with E-state index in [0.717, 1.165) is 61.9 Å². The lowest BCUT2D eigenvalue weighted by Gasteiger charge is -2.16. The first-order chi connectivity index (χ1) is 27.3. The summed E-state index contributed by atoms with van der Waals surface area (Å²) in [5, 5.41) is 0. The van der Waals surface area contributed by atoms with Crippen LogP contribution >= 0.6 is 0 Å². The maximum Gasteiger partial charge on any atom is 0.134 e. The van der Waals surface area contributed by atoms with Gasteiger partial charge in [-0.05, 0) is 100 Å². The molecule has 0 amide bonds. The smallest absolute Gasteiger partial charge is 0.134 e. The summed E-state index contributed by atoms with van der Waals surface area (Å²) in [7, 11) is 0. The molecule has 2 aromatic rings. The van der Waals surface area contributed by atoms with Gasteiger partial charge < -0.3 is 14.2 Å². The van der Waals surface area contributed by atoms with E-state index >= 15 is 0 Å². The van der Waals surface area contributed by atoms with Gasteiger partial charge in [0.25, 0.3) is 0 Å².